The van der Waals surface area contributed by atoms with Crippen LogP contribution in [0.15, 0.2) is 24.3 Å². The second-order valence-corrected chi connectivity index (χ2v) is 8.61. The zero-order valence-corrected chi connectivity index (χ0v) is 16.9. The molecule has 3 atom stereocenters. The number of benzene rings is 1. The summed E-state index contributed by atoms with van der Waals surface area (Å²) in [6.45, 7) is 11.9. The first-order valence-electron chi connectivity index (χ1n) is 9.45. The molecule has 0 amide bonds. The number of esters is 1. The highest BCUT2D eigenvalue weighted by Gasteiger charge is 2.40. The molecule has 1 saturated heterocycles. The molecule has 1 heterocycles. The number of rotatable bonds is 5. The normalized spacial score (nSPS) is 24.4. The van der Waals surface area contributed by atoms with Crippen molar-refractivity contribution in [2.24, 2.45) is 17.3 Å². The van der Waals surface area contributed by atoms with Crippen LogP contribution in [0.1, 0.15) is 58.9 Å². The van der Waals surface area contributed by atoms with Crippen LogP contribution in [0.25, 0.3) is 0 Å². The molecule has 1 N–H and O–H groups in total. The average Bonchev–Trinajstić information content (AvgIpc) is 2.56. The SMILES string of the molecule is CCC(CC)C1CNCC(OC(=O)C(C)(C)C)C1c1ccc(Cl)cc1. The average molecular weight is 366 g/mol. The predicted octanol–water partition coefficient (Wildman–Crippen LogP) is 5.04. The van der Waals surface area contributed by atoms with E-state index in [1.165, 1.54) is 5.56 Å². The first-order valence-corrected chi connectivity index (χ1v) is 9.83. The van der Waals surface area contributed by atoms with Gasteiger partial charge in [-0.25, -0.2) is 0 Å². The number of nitrogens with one attached hydrogen (secondary N) is 1. The number of hydrogen-bond acceptors (Lipinski definition) is 3. The number of piperidine rings is 1. The van der Waals surface area contributed by atoms with E-state index in [1.807, 2.05) is 32.9 Å². The molecule has 0 radical (unpaired) electrons. The molecule has 0 saturated carbocycles. The van der Waals surface area contributed by atoms with E-state index in [1.54, 1.807) is 0 Å². The molecular formula is C21H32ClNO2. The van der Waals surface area contributed by atoms with E-state index in [2.05, 4.69) is 31.3 Å². The first kappa shape index (κ1) is 20.3. The zero-order valence-electron chi connectivity index (χ0n) is 16.1. The minimum atomic E-state index is -0.494. The second kappa shape index (κ2) is 8.55. The Balaban J connectivity index is 2.34. The quantitative estimate of drug-likeness (QED) is 0.743. The van der Waals surface area contributed by atoms with E-state index < -0.39 is 5.41 Å². The third kappa shape index (κ3) is 4.98. The predicted molar refractivity (Wildman–Crippen MR) is 104 cm³/mol. The molecule has 1 aliphatic heterocycles. The highest BCUT2D eigenvalue weighted by Crippen LogP contribution is 2.40. The molecule has 0 spiro atoms. The van der Waals surface area contributed by atoms with Gasteiger partial charge in [-0.3, -0.25) is 4.79 Å². The maximum Gasteiger partial charge on any atom is 0.311 e. The van der Waals surface area contributed by atoms with Gasteiger partial charge in [-0.1, -0.05) is 50.4 Å². The van der Waals surface area contributed by atoms with E-state index >= 15 is 0 Å². The number of ether oxygens (including phenoxy) is 1. The standard InChI is InChI=1S/C21H32ClNO2/c1-6-14(7-2)17-12-23-13-18(25-20(24)21(3,4)5)19(17)15-8-10-16(22)11-9-15/h8-11,14,17-19,23H,6-7,12-13H2,1-5H3. The maximum absolute atomic E-state index is 12.5. The van der Waals surface area contributed by atoms with Crippen LogP contribution in [-0.4, -0.2) is 25.2 Å². The fourth-order valence-corrected chi connectivity index (χ4v) is 3.98. The third-order valence-electron chi connectivity index (χ3n) is 5.37. The van der Waals surface area contributed by atoms with Crippen molar-refractivity contribution in [1.29, 1.82) is 0 Å². The van der Waals surface area contributed by atoms with E-state index in [0.29, 0.717) is 18.4 Å². The van der Waals surface area contributed by atoms with Crippen LogP contribution in [0.2, 0.25) is 5.02 Å². The summed E-state index contributed by atoms with van der Waals surface area (Å²) in [6.07, 6.45) is 2.12. The highest BCUT2D eigenvalue weighted by molar-refractivity contribution is 6.30. The van der Waals surface area contributed by atoms with Gasteiger partial charge in [0.1, 0.15) is 6.10 Å². The van der Waals surface area contributed by atoms with Gasteiger partial charge < -0.3 is 10.1 Å². The smallest absolute Gasteiger partial charge is 0.311 e. The molecule has 2 rings (SSSR count). The van der Waals surface area contributed by atoms with E-state index in [4.69, 9.17) is 16.3 Å². The molecule has 25 heavy (non-hydrogen) atoms. The van der Waals surface area contributed by atoms with Gasteiger partial charge in [0.05, 0.1) is 5.41 Å². The van der Waals surface area contributed by atoms with Crippen molar-refractivity contribution in [3.05, 3.63) is 34.9 Å². The van der Waals surface area contributed by atoms with Crippen LogP contribution in [0.5, 0.6) is 0 Å². The largest absolute Gasteiger partial charge is 0.460 e. The molecule has 1 aromatic rings. The molecular weight excluding hydrogens is 334 g/mol. The Morgan fingerprint density at radius 2 is 1.80 bits per heavy atom. The molecule has 1 aromatic carbocycles. The van der Waals surface area contributed by atoms with Gasteiger partial charge >= 0.3 is 5.97 Å². The molecule has 1 aliphatic rings. The number of halogens is 1. The van der Waals surface area contributed by atoms with Gasteiger partial charge in [0.25, 0.3) is 0 Å². The van der Waals surface area contributed by atoms with Gasteiger partial charge in [-0.15, -0.1) is 0 Å². The summed E-state index contributed by atoms with van der Waals surface area (Å²) in [4.78, 5) is 12.5. The molecule has 3 nitrogen and oxygen atoms in total. The Morgan fingerprint density at radius 3 is 2.32 bits per heavy atom. The second-order valence-electron chi connectivity index (χ2n) is 8.17. The van der Waals surface area contributed by atoms with Gasteiger partial charge in [0, 0.05) is 17.5 Å². The van der Waals surface area contributed by atoms with Crippen LogP contribution in [0, 0.1) is 17.3 Å². The van der Waals surface area contributed by atoms with Crippen LogP contribution < -0.4 is 5.32 Å². The summed E-state index contributed by atoms with van der Waals surface area (Å²) < 4.78 is 5.99. The molecule has 3 unspecified atom stereocenters. The molecule has 4 heteroatoms. The topological polar surface area (TPSA) is 38.3 Å². The zero-order chi connectivity index (χ0) is 18.6. The van der Waals surface area contributed by atoms with Gasteiger partial charge in [-0.2, -0.15) is 0 Å². The van der Waals surface area contributed by atoms with Crippen molar-refractivity contribution in [3.8, 4) is 0 Å². The number of hydrogen-bond donors (Lipinski definition) is 1. The molecule has 0 aromatic heterocycles. The highest BCUT2D eigenvalue weighted by atomic mass is 35.5. The van der Waals surface area contributed by atoms with Crippen molar-refractivity contribution in [2.75, 3.05) is 13.1 Å². The van der Waals surface area contributed by atoms with Crippen LogP contribution in [-0.2, 0) is 9.53 Å². The van der Waals surface area contributed by atoms with Crippen LogP contribution in [0.3, 0.4) is 0 Å². The Morgan fingerprint density at radius 1 is 1.20 bits per heavy atom. The first-order chi connectivity index (χ1) is 11.8. The van der Waals surface area contributed by atoms with Gasteiger partial charge in [0.15, 0.2) is 0 Å². The van der Waals surface area contributed by atoms with Crippen LogP contribution >= 0.6 is 11.6 Å². The molecule has 0 aliphatic carbocycles. The summed E-state index contributed by atoms with van der Waals surface area (Å²) in [5, 5.41) is 4.23. The lowest BCUT2D eigenvalue weighted by molar-refractivity contribution is -0.161. The van der Waals surface area contributed by atoms with Crippen molar-refractivity contribution in [2.45, 2.75) is 59.5 Å². The molecule has 1 fully saturated rings. The summed E-state index contributed by atoms with van der Waals surface area (Å²) >= 11 is 6.09. The minimum absolute atomic E-state index is 0.136. The van der Waals surface area contributed by atoms with Crippen molar-refractivity contribution >= 4 is 17.6 Å². The molecule has 0 bridgehead atoms. The van der Waals surface area contributed by atoms with Gasteiger partial charge in [-0.05, 0) is 56.8 Å². The Bertz CT molecular complexity index is 560. The van der Waals surface area contributed by atoms with Crippen molar-refractivity contribution in [1.82, 2.24) is 5.32 Å². The van der Waals surface area contributed by atoms with Crippen molar-refractivity contribution < 1.29 is 9.53 Å². The fourth-order valence-electron chi connectivity index (χ4n) is 3.85. The summed E-state index contributed by atoms with van der Waals surface area (Å²) in [7, 11) is 0. The Kier molecular flexibility index (Phi) is 6.93. The Hall–Kier alpha value is -1.06. The van der Waals surface area contributed by atoms with Crippen LogP contribution in [0.4, 0.5) is 0 Å². The lowest BCUT2D eigenvalue weighted by Gasteiger charge is -2.42. The van der Waals surface area contributed by atoms with E-state index in [-0.39, 0.29) is 18.0 Å². The Labute approximate surface area is 157 Å². The molecule has 140 valence electrons. The number of carbonyl (C=O) groups excluding carboxylic acids is 1. The number of carbonyl (C=O) groups is 1. The summed E-state index contributed by atoms with van der Waals surface area (Å²) in [5.74, 6) is 1.12. The lowest BCUT2D eigenvalue weighted by Crippen LogP contribution is -2.50. The van der Waals surface area contributed by atoms with Crippen molar-refractivity contribution in [3.63, 3.8) is 0 Å². The monoisotopic (exact) mass is 365 g/mol. The van der Waals surface area contributed by atoms with E-state index in [0.717, 1.165) is 24.4 Å². The fraction of sp³-hybridized carbons (Fsp3) is 0.667. The maximum atomic E-state index is 12.5. The van der Waals surface area contributed by atoms with Gasteiger partial charge in [0.2, 0.25) is 0 Å². The summed E-state index contributed by atoms with van der Waals surface area (Å²) in [5.41, 5.74) is 0.723. The third-order valence-corrected chi connectivity index (χ3v) is 5.62. The van der Waals surface area contributed by atoms with E-state index in [9.17, 15) is 4.79 Å². The summed E-state index contributed by atoms with van der Waals surface area (Å²) in [6, 6.07) is 8.05. The minimum Gasteiger partial charge on any atom is -0.460 e. The lowest BCUT2D eigenvalue weighted by atomic mass is 9.71.